The highest BCUT2D eigenvalue weighted by Crippen LogP contribution is 2.08. The van der Waals surface area contributed by atoms with Crippen LogP contribution >= 0.6 is 0 Å². The van der Waals surface area contributed by atoms with Crippen LogP contribution in [-0.2, 0) is 9.59 Å². The smallest absolute Gasteiger partial charge is 0.306 e. The lowest BCUT2D eigenvalue weighted by atomic mass is 10.0. The Morgan fingerprint density at radius 1 is 1.44 bits per heavy atom. The van der Waals surface area contributed by atoms with Crippen molar-refractivity contribution >= 4 is 11.9 Å². The van der Waals surface area contributed by atoms with E-state index in [9.17, 15) is 14.7 Å². The molecule has 3 unspecified atom stereocenters. The molecule has 94 valence electrons. The van der Waals surface area contributed by atoms with Crippen molar-refractivity contribution in [3.05, 3.63) is 0 Å². The molecule has 3 atom stereocenters. The lowest BCUT2D eigenvalue weighted by molar-refractivity contribution is -0.142. The Labute approximate surface area is 94.8 Å². The number of carboxylic acid groups (broad SMARTS) is 1. The normalized spacial score (nSPS) is 18.3. The zero-order valence-electron chi connectivity index (χ0n) is 9.86. The van der Waals surface area contributed by atoms with Gasteiger partial charge in [0.15, 0.2) is 0 Å². The standard InChI is InChI=1S/C10H20N2O4/c1-6(7(2)11)9(15)12-5-10(3,16)4-8(13)14/h6-7,16H,4-5,11H2,1-3H3,(H,12,15)(H,13,14). The van der Waals surface area contributed by atoms with Crippen molar-refractivity contribution in [2.45, 2.75) is 38.8 Å². The number of hydrogen-bond acceptors (Lipinski definition) is 4. The van der Waals surface area contributed by atoms with Crippen LogP contribution in [0.15, 0.2) is 0 Å². The lowest BCUT2D eigenvalue weighted by Gasteiger charge is -2.23. The summed E-state index contributed by atoms with van der Waals surface area (Å²) in [6.45, 7) is 4.64. The highest BCUT2D eigenvalue weighted by molar-refractivity contribution is 5.79. The second-order valence-electron chi connectivity index (χ2n) is 4.43. The van der Waals surface area contributed by atoms with Crippen LogP contribution in [-0.4, -0.2) is 40.3 Å². The SMILES string of the molecule is CC(N)C(C)C(=O)NCC(C)(O)CC(=O)O. The predicted molar refractivity (Wildman–Crippen MR) is 58.7 cm³/mol. The third kappa shape index (κ3) is 5.67. The van der Waals surface area contributed by atoms with E-state index < -0.39 is 18.0 Å². The van der Waals surface area contributed by atoms with E-state index in [1.165, 1.54) is 6.92 Å². The summed E-state index contributed by atoms with van der Waals surface area (Å²) in [5.41, 5.74) is 4.09. The maximum absolute atomic E-state index is 11.5. The predicted octanol–water partition coefficient (Wildman–Crippen LogP) is -0.688. The lowest BCUT2D eigenvalue weighted by Crippen LogP contribution is -2.46. The van der Waals surface area contributed by atoms with Crippen LogP contribution in [0.3, 0.4) is 0 Å². The summed E-state index contributed by atoms with van der Waals surface area (Å²) in [6.07, 6.45) is -0.417. The van der Waals surface area contributed by atoms with Crippen molar-refractivity contribution in [2.75, 3.05) is 6.54 Å². The summed E-state index contributed by atoms with van der Waals surface area (Å²) in [7, 11) is 0. The van der Waals surface area contributed by atoms with Gasteiger partial charge in [0, 0.05) is 18.5 Å². The number of hydrogen-bond donors (Lipinski definition) is 4. The average Bonchev–Trinajstić information content (AvgIpc) is 2.10. The number of carboxylic acids is 1. The molecule has 0 heterocycles. The molecule has 0 radical (unpaired) electrons. The number of aliphatic carboxylic acids is 1. The van der Waals surface area contributed by atoms with Gasteiger partial charge in [-0.3, -0.25) is 9.59 Å². The van der Waals surface area contributed by atoms with Crippen LogP contribution in [0, 0.1) is 5.92 Å². The van der Waals surface area contributed by atoms with E-state index in [4.69, 9.17) is 10.8 Å². The summed E-state index contributed by atoms with van der Waals surface area (Å²) in [6, 6.07) is -0.288. The van der Waals surface area contributed by atoms with Crippen molar-refractivity contribution in [1.82, 2.24) is 5.32 Å². The molecule has 0 rings (SSSR count). The van der Waals surface area contributed by atoms with Gasteiger partial charge in [0.25, 0.3) is 0 Å². The van der Waals surface area contributed by atoms with Gasteiger partial charge < -0.3 is 21.3 Å². The second-order valence-corrected chi connectivity index (χ2v) is 4.43. The number of rotatable bonds is 6. The molecule has 0 aromatic rings. The van der Waals surface area contributed by atoms with Crippen LogP contribution in [0.1, 0.15) is 27.2 Å². The molecule has 0 spiro atoms. The third-order valence-corrected chi connectivity index (χ3v) is 2.38. The topological polar surface area (TPSA) is 113 Å². The zero-order chi connectivity index (χ0) is 12.9. The molecule has 1 amide bonds. The zero-order valence-corrected chi connectivity index (χ0v) is 9.86. The molecule has 0 saturated carbocycles. The highest BCUT2D eigenvalue weighted by atomic mass is 16.4. The van der Waals surface area contributed by atoms with Gasteiger partial charge in [0.05, 0.1) is 12.0 Å². The summed E-state index contributed by atoms with van der Waals surface area (Å²) >= 11 is 0. The first-order valence-electron chi connectivity index (χ1n) is 5.13. The molecule has 0 aromatic heterocycles. The summed E-state index contributed by atoms with van der Waals surface area (Å²) in [4.78, 5) is 21.9. The summed E-state index contributed by atoms with van der Waals surface area (Å²) in [5, 5.41) is 20.6. The Bertz CT molecular complexity index is 264. The first kappa shape index (κ1) is 14.9. The van der Waals surface area contributed by atoms with E-state index >= 15 is 0 Å². The second kappa shape index (κ2) is 5.81. The third-order valence-electron chi connectivity index (χ3n) is 2.38. The fraction of sp³-hybridized carbons (Fsp3) is 0.800. The minimum absolute atomic E-state index is 0.102. The molecule has 0 aliphatic heterocycles. The molecule has 0 fully saturated rings. The van der Waals surface area contributed by atoms with Crippen molar-refractivity contribution in [3.63, 3.8) is 0 Å². The van der Waals surface area contributed by atoms with Crippen LogP contribution in [0.5, 0.6) is 0 Å². The fourth-order valence-corrected chi connectivity index (χ4v) is 1.07. The van der Waals surface area contributed by atoms with E-state index in [1.54, 1.807) is 13.8 Å². The first-order chi connectivity index (χ1) is 7.15. The van der Waals surface area contributed by atoms with Gasteiger partial charge in [-0.2, -0.15) is 0 Å². The molecule has 6 nitrogen and oxygen atoms in total. The number of amides is 1. The number of carbonyl (C=O) groups excluding carboxylic acids is 1. The van der Waals surface area contributed by atoms with Gasteiger partial charge in [0.1, 0.15) is 0 Å². The quantitative estimate of drug-likeness (QED) is 0.484. The van der Waals surface area contributed by atoms with Crippen LogP contribution < -0.4 is 11.1 Å². The molecule has 0 aromatic carbocycles. The maximum Gasteiger partial charge on any atom is 0.306 e. The van der Waals surface area contributed by atoms with Gasteiger partial charge in [0.2, 0.25) is 5.91 Å². The van der Waals surface area contributed by atoms with E-state index in [2.05, 4.69) is 5.32 Å². The Morgan fingerprint density at radius 3 is 2.31 bits per heavy atom. The Morgan fingerprint density at radius 2 is 1.94 bits per heavy atom. The molecular weight excluding hydrogens is 212 g/mol. The van der Waals surface area contributed by atoms with Crippen molar-refractivity contribution < 1.29 is 19.8 Å². The van der Waals surface area contributed by atoms with Gasteiger partial charge in [-0.15, -0.1) is 0 Å². The van der Waals surface area contributed by atoms with E-state index in [0.29, 0.717) is 0 Å². The molecule has 0 bridgehead atoms. The Hall–Kier alpha value is -1.14. The molecule has 5 N–H and O–H groups in total. The number of carbonyl (C=O) groups is 2. The minimum atomic E-state index is -1.45. The largest absolute Gasteiger partial charge is 0.481 e. The fourth-order valence-electron chi connectivity index (χ4n) is 1.07. The van der Waals surface area contributed by atoms with Crippen molar-refractivity contribution in [3.8, 4) is 0 Å². The molecule has 0 aliphatic rings. The van der Waals surface area contributed by atoms with E-state index in [0.717, 1.165) is 0 Å². The highest BCUT2D eigenvalue weighted by Gasteiger charge is 2.26. The minimum Gasteiger partial charge on any atom is -0.481 e. The monoisotopic (exact) mass is 232 g/mol. The molecule has 16 heavy (non-hydrogen) atoms. The Kier molecular flexibility index (Phi) is 5.40. The van der Waals surface area contributed by atoms with E-state index in [1.807, 2.05) is 0 Å². The van der Waals surface area contributed by atoms with Gasteiger partial charge in [-0.05, 0) is 13.8 Å². The first-order valence-corrected chi connectivity index (χ1v) is 5.13. The molecular formula is C10H20N2O4. The number of nitrogens with one attached hydrogen (secondary N) is 1. The van der Waals surface area contributed by atoms with Crippen LogP contribution in [0.25, 0.3) is 0 Å². The summed E-state index contributed by atoms with van der Waals surface area (Å²) < 4.78 is 0. The van der Waals surface area contributed by atoms with Crippen LogP contribution in [0.2, 0.25) is 0 Å². The number of aliphatic hydroxyl groups is 1. The van der Waals surface area contributed by atoms with Gasteiger partial charge in [-0.25, -0.2) is 0 Å². The van der Waals surface area contributed by atoms with Gasteiger partial charge >= 0.3 is 5.97 Å². The molecule has 0 aliphatic carbocycles. The van der Waals surface area contributed by atoms with E-state index in [-0.39, 0.29) is 24.4 Å². The molecule has 0 saturated heterocycles. The summed E-state index contributed by atoms with van der Waals surface area (Å²) in [5.74, 6) is -1.78. The maximum atomic E-state index is 11.5. The van der Waals surface area contributed by atoms with Crippen molar-refractivity contribution in [2.24, 2.45) is 11.7 Å². The van der Waals surface area contributed by atoms with Crippen molar-refractivity contribution in [1.29, 1.82) is 0 Å². The van der Waals surface area contributed by atoms with Crippen LogP contribution in [0.4, 0.5) is 0 Å². The Balaban J connectivity index is 4.14. The number of nitrogens with two attached hydrogens (primary N) is 1. The average molecular weight is 232 g/mol. The van der Waals surface area contributed by atoms with Gasteiger partial charge in [-0.1, -0.05) is 6.92 Å². The molecule has 6 heteroatoms.